The molecule has 0 saturated heterocycles. The summed E-state index contributed by atoms with van der Waals surface area (Å²) < 4.78 is 25.7. The van der Waals surface area contributed by atoms with E-state index in [1.54, 1.807) is 12.4 Å². The summed E-state index contributed by atoms with van der Waals surface area (Å²) in [7, 11) is -3.19. The summed E-state index contributed by atoms with van der Waals surface area (Å²) in [5, 5.41) is 0. The van der Waals surface area contributed by atoms with Crippen LogP contribution in [-0.2, 0) is 16.6 Å². The number of nitrogens with two attached hydrogens (primary N) is 1. The Labute approximate surface area is 109 Å². The third-order valence-corrected chi connectivity index (χ3v) is 4.57. The van der Waals surface area contributed by atoms with E-state index < -0.39 is 10.0 Å². The van der Waals surface area contributed by atoms with Crippen LogP contribution in [0.4, 0.5) is 0 Å². The smallest absolute Gasteiger partial charge is 0.214 e. The van der Waals surface area contributed by atoms with E-state index in [-0.39, 0.29) is 5.75 Å². The topological polar surface area (TPSA) is 76.3 Å². The highest BCUT2D eigenvalue weighted by Crippen LogP contribution is 2.10. The number of hydrogen-bond donors (Lipinski definition) is 1. The first-order valence-electron chi connectivity index (χ1n) is 6.17. The first-order chi connectivity index (χ1) is 8.60. The summed E-state index contributed by atoms with van der Waals surface area (Å²) in [6.07, 6.45) is 4.66. The summed E-state index contributed by atoms with van der Waals surface area (Å²) in [6.45, 7) is 3.19. The standard InChI is InChI=1S/C12H21N3O2S/c1-2-9-18(16,17)15(8-4-6-13)11-12-5-3-7-14-10-12/h3,5,7,10H,2,4,6,8-9,11,13H2,1H3. The van der Waals surface area contributed by atoms with Gasteiger partial charge >= 0.3 is 0 Å². The van der Waals surface area contributed by atoms with Crippen molar-refractivity contribution in [3.63, 3.8) is 0 Å². The monoisotopic (exact) mass is 271 g/mol. The summed E-state index contributed by atoms with van der Waals surface area (Å²) in [4.78, 5) is 4.00. The number of sulfonamides is 1. The zero-order chi connectivity index (χ0) is 13.4. The van der Waals surface area contributed by atoms with E-state index in [0.717, 1.165) is 5.56 Å². The van der Waals surface area contributed by atoms with Crippen LogP contribution in [0.25, 0.3) is 0 Å². The minimum absolute atomic E-state index is 0.178. The van der Waals surface area contributed by atoms with Gasteiger partial charge in [0, 0.05) is 25.5 Å². The molecule has 0 unspecified atom stereocenters. The van der Waals surface area contributed by atoms with Crippen LogP contribution in [0.15, 0.2) is 24.5 Å². The van der Waals surface area contributed by atoms with Crippen LogP contribution in [0.2, 0.25) is 0 Å². The van der Waals surface area contributed by atoms with Crippen molar-refractivity contribution in [2.24, 2.45) is 5.73 Å². The number of aromatic nitrogens is 1. The summed E-state index contributed by atoms with van der Waals surface area (Å²) in [6, 6.07) is 3.69. The molecular formula is C12H21N3O2S. The van der Waals surface area contributed by atoms with Gasteiger partial charge in [-0.2, -0.15) is 4.31 Å². The molecule has 0 fully saturated rings. The van der Waals surface area contributed by atoms with E-state index in [9.17, 15) is 8.42 Å². The second-order valence-corrected chi connectivity index (χ2v) is 6.24. The van der Waals surface area contributed by atoms with Crippen molar-refractivity contribution < 1.29 is 8.42 Å². The lowest BCUT2D eigenvalue weighted by atomic mass is 10.3. The fourth-order valence-electron chi connectivity index (χ4n) is 1.67. The molecule has 1 aromatic heterocycles. The number of rotatable bonds is 8. The van der Waals surface area contributed by atoms with E-state index in [1.165, 1.54) is 4.31 Å². The molecule has 0 saturated carbocycles. The molecule has 0 radical (unpaired) electrons. The van der Waals surface area contributed by atoms with Crippen LogP contribution < -0.4 is 5.73 Å². The predicted octanol–water partition coefficient (Wildman–Crippen LogP) is 0.972. The van der Waals surface area contributed by atoms with Crippen molar-refractivity contribution in [2.45, 2.75) is 26.3 Å². The minimum atomic E-state index is -3.19. The second-order valence-electron chi connectivity index (χ2n) is 4.15. The van der Waals surface area contributed by atoms with Crippen molar-refractivity contribution in [1.29, 1.82) is 0 Å². The molecular weight excluding hydrogens is 250 g/mol. The van der Waals surface area contributed by atoms with Crippen molar-refractivity contribution in [1.82, 2.24) is 9.29 Å². The van der Waals surface area contributed by atoms with Gasteiger partial charge < -0.3 is 5.73 Å². The highest BCUT2D eigenvalue weighted by atomic mass is 32.2. The lowest BCUT2D eigenvalue weighted by Gasteiger charge is -2.21. The number of pyridine rings is 1. The van der Waals surface area contributed by atoms with E-state index in [0.29, 0.717) is 32.5 Å². The molecule has 0 spiro atoms. The van der Waals surface area contributed by atoms with Gasteiger partial charge in [0.1, 0.15) is 0 Å². The maximum Gasteiger partial charge on any atom is 0.214 e. The lowest BCUT2D eigenvalue weighted by molar-refractivity contribution is 0.401. The third-order valence-electron chi connectivity index (χ3n) is 2.55. The van der Waals surface area contributed by atoms with Crippen LogP contribution in [0.3, 0.4) is 0 Å². The molecule has 1 aromatic rings. The lowest BCUT2D eigenvalue weighted by Crippen LogP contribution is -2.34. The minimum Gasteiger partial charge on any atom is -0.330 e. The van der Waals surface area contributed by atoms with Crippen molar-refractivity contribution in [3.05, 3.63) is 30.1 Å². The van der Waals surface area contributed by atoms with E-state index in [4.69, 9.17) is 5.73 Å². The molecule has 0 aliphatic rings. The molecule has 0 aromatic carbocycles. The summed E-state index contributed by atoms with van der Waals surface area (Å²) >= 11 is 0. The molecule has 2 N–H and O–H groups in total. The Balaban J connectivity index is 2.78. The number of nitrogens with zero attached hydrogens (tertiary/aromatic N) is 2. The zero-order valence-electron chi connectivity index (χ0n) is 10.7. The molecule has 102 valence electrons. The average Bonchev–Trinajstić information content (AvgIpc) is 2.35. The Morgan fingerprint density at radius 3 is 2.78 bits per heavy atom. The van der Waals surface area contributed by atoms with Gasteiger partial charge in [-0.05, 0) is 31.0 Å². The fourth-order valence-corrected chi connectivity index (χ4v) is 3.19. The second kappa shape index (κ2) is 7.45. The molecule has 0 aliphatic heterocycles. The fraction of sp³-hybridized carbons (Fsp3) is 0.583. The maximum absolute atomic E-state index is 12.1. The van der Waals surface area contributed by atoms with Crippen molar-refractivity contribution in [3.8, 4) is 0 Å². The molecule has 18 heavy (non-hydrogen) atoms. The van der Waals surface area contributed by atoms with Gasteiger partial charge in [0.25, 0.3) is 0 Å². The van der Waals surface area contributed by atoms with Crippen LogP contribution in [-0.4, -0.2) is 36.5 Å². The quantitative estimate of drug-likeness (QED) is 0.764. The number of hydrogen-bond acceptors (Lipinski definition) is 4. The Hall–Kier alpha value is -0.980. The van der Waals surface area contributed by atoms with Gasteiger partial charge in [0.15, 0.2) is 0 Å². The van der Waals surface area contributed by atoms with Crippen LogP contribution >= 0.6 is 0 Å². The van der Waals surface area contributed by atoms with Gasteiger partial charge in [0.2, 0.25) is 10.0 Å². The summed E-state index contributed by atoms with van der Waals surface area (Å²) in [5.41, 5.74) is 6.35. The summed E-state index contributed by atoms with van der Waals surface area (Å²) in [5.74, 6) is 0.178. The van der Waals surface area contributed by atoms with E-state index >= 15 is 0 Å². The Kier molecular flexibility index (Phi) is 6.24. The van der Waals surface area contributed by atoms with Crippen LogP contribution in [0, 0.1) is 0 Å². The molecule has 1 heterocycles. The third kappa shape index (κ3) is 4.72. The first kappa shape index (κ1) is 15.1. The highest BCUT2D eigenvalue weighted by Gasteiger charge is 2.20. The van der Waals surface area contributed by atoms with Gasteiger partial charge in [-0.15, -0.1) is 0 Å². The van der Waals surface area contributed by atoms with Gasteiger partial charge in [0.05, 0.1) is 5.75 Å². The molecule has 0 amide bonds. The van der Waals surface area contributed by atoms with E-state index in [1.807, 2.05) is 19.1 Å². The van der Waals surface area contributed by atoms with Gasteiger partial charge in [-0.25, -0.2) is 8.42 Å². The molecule has 6 heteroatoms. The normalized spacial score (nSPS) is 11.9. The largest absolute Gasteiger partial charge is 0.330 e. The van der Waals surface area contributed by atoms with Gasteiger partial charge in [-0.1, -0.05) is 13.0 Å². The first-order valence-corrected chi connectivity index (χ1v) is 7.78. The Morgan fingerprint density at radius 2 is 2.22 bits per heavy atom. The Bertz CT molecular complexity index is 434. The molecule has 0 aliphatic carbocycles. The van der Waals surface area contributed by atoms with Crippen LogP contribution in [0.5, 0.6) is 0 Å². The Morgan fingerprint density at radius 1 is 1.44 bits per heavy atom. The van der Waals surface area contributed by atoms with E-state index in [2.05, 4.69) is 4.98 Å². The molecule has 0 bridgehead atoms. The molecule has 5 nitrogen and oxygen atoms in total. The predicted molar refractivity (Wildman–Crippen MR) is 72.4 cm³/mol. The molecule has 1 rings (SSSR count). The maximum atomic E-state index is 12.1. The van der Waals surface area contributed by atoms with Crippen molar-refractivity contribution >= 4 is 10.0 Å². The van der Waals surface area contributed by atoms with Crippen LogP contribution in [0.1, 0.15) is 25.3 Å². The zero-order valence-corrected chi connectivity index (χ0v) is 11.6. The SMILES string of the molecule is CCCS(=O)(=O)N(CCCN)Cc1cccnc1. The average molecular weight is 271 g/mol. The van der Waals surface area contributed by atoms with Crippen molar-refractivity contribution in [2.75, 3.05) is 18.8 Å². The van der Waals surface area contributed by atoms with Gasteiger partial charge in [-0.3, -0.25) is 4.98 Å². The highest BCUT2D eigenvalue weighted by molar-refractivity contribution is 7.89. The molecule has 0 atom stereocenters.